The maximum absolute atomic E-state index is 12.0. The number of carbonyl (C=O) groups excluding carboxylic acids is 1. The summed E-state index contributed by atoms with van der Waals surface area (Å²) in [7, 11) is 0. The Balaban J connectivity index is 2.28. The van der Waals surface area contributed by atoms with Crippen LogP contribution in [0.3, 0.4) is 0 Å². The Kier molecular flexibility index (Phi) is 5.22. The van der Waals surface area contributed by atoms with Crippen molar-refractivity contribution >= 4 is 5.91 Å². The highest BCUT2D eigenvalue weighted by atomic mass is 16.3. The van der Waals surface area contributed by atoms with Crippen molar-refractivity contribution in [2.45, 2.75) is 45.6 Å². The van der Waals surface area contributed by atoms with Gasteiger partial charge < -0.3 is 15.7 Å². The first-order valence-electron chi connectivity index (χ1n) is 6.25. The third-order valence-electron chi connectivity index (χ3n) is 3.49. The molecule has 1 heterocycles. The molecular weight excluding hydrogens is 204 g/mol. The van der Waals surface area contributed by atoms with Crippen LogP contribution in [0, 0.1) is 5.41 Å². The summed E-state index contributed by atoms with van der Waals surface area (Å²) in [6, 6.07) is 0. The zero-order chi connectivity index (χ0) is 12.0. The van der Waals surface area contributed by atoms with Crippen molar-refractivity contribution in [2.75, 3.05) is 19.6 Å². The van der Waals surface area contributed by atoms with Crippen molar-refractivity contribution < 1.29 is 9.90 Å². The molecule has 0 aromatic rings. The van der Waals surface area contributed by atoms with E-state index in [0.29, 0.717) is 13.0 Å². The van der Waals surface area contributed by atoms with Crippen LogP contribution >= 0.6 is 0 Å². The molecule has 0 aliphatic carbocycles. The van der Waals surface area contributed by atoms with E-state index in [1.807, 2.05) is 13.8 Å². The van der Waals surface area contributed by atoms with Gasteiger partial charge in [-0.05, 0) is 38.8 Å². The fourth-order valence-electron chi connectivity index (χ4n) is 1.98. The zero-order valence-electron chi connectivity index (χ0n) is 10.4. The van der Waals surface area contributed by atoms with Gasteiger partial charge in [0.15, 0.2) is 0 Å². The molecule has 1 fully saturated rings. The summed E-state index contributed by atoms with van der Waals surface area (Å²) in [6.45, 7) is 6.39. The van der Waals surface area contributed by atoms with Gasteiger partial charge in [0.1, 0.15) is 0 Å². The Hall–Kier alpha value is -0.610. The predicted molar refractivity (Wildman–Crippen MR) is 64.1 cm³/mol. The third-order valence-corrected chi connectivity index (χ3v) is 3.49. The Bertz CT molecular complexity index is 225. The molecule has 0 radical (unpaired) electrons. The minimum atomic E-state index is -0.291. The topological polar surface area (TPSA) is 61.4 Å². The van der Waals surface area contributed by atoms with E-state index in [1.165, 1.54) is 0 Å². The number of nitrogens with one attached hydrogen (secondary N) is 2. The normalized spacial score (nSPS) is 21.4. The first kappa shape index (κ1) is 13.5. The van der Waals surface area contributed by atoms with Gasteiger partial charge in [0.25, 0.3) is 0 Å². The molecule has 0 bridgehead atoms. The minimum absolute atomic E-state index is 0.136. The van der Waals surface area contributed by atoms with E-state index in [0.717, 1.165) is 32.4 Å². The Morgan fingerprint density at radius 3 is 2.69 bits per heavy atom. The van der Waals surface area contributed by atoms with Gasteiger partial charge in [-0.15, -0.1) is 0 Å². The lowest BCUT2D eigenvalue weighted by Gasteiger charge is -2.32. The molecule has 94 valence electrons. The van der Waals surface area contributed by atoms with E-state index in [-0.39, 0.29) is 17.4 Å². The number of rotatable bonds is 5. The van der Waals surface area contributed by atoms with E-state index < -0.39 is 0 Å². The largest absolute Gasteiger partial charge is 0.393 e. The monoisotopic (exact) mass is 228 g/mol. The van der Waals surface area contributed by atoms with Gasteiger partial charge in [-0.25, -0.2) is 0 Å². The molecule has 1 saturated heterocycles. The number of aliphatic hydroxyl groups is 1. The minimum Gasteiger partial charge on any atom is -0.393 e. The SMILES string of the molecule is CCC(O)CCNC(=O)C1(C)CCNCC1. The summed E-state index contributed by atoms with van der Waals surface area (Å²) in [6.07, 6.45) is 2.90. The Morgan fingerprint density at radius 1 is 1.50 bits per heavy atom. The van der Waals surface area contributed by atoms with Gasteiger partial charge in [0.2, 0.25) is 5.91 Å². The van der Waals surface area contributed by atoms with Crippen LogP contribution in [0.1, 0.15) is 39.5 Å². The average Bonchev–Trinajstić information content (AvgIpc) is 2.29. The van der Waals surface area contributed by atoms with E-state index in [1.54, 1.807) is 0 Å². The number of hydrogen-bond acceptors (Lipinski definition) is 3. The third kappa shape index (κ3) is 3.76. The van der Waals surface area contributed by atoms with Crippen molar-refractivity contribution in [2.24, 2.45) is 5.41 Å². The Morgan fingerprint density at radius 2 is 2.12 bits per heavy atom. The van der Waals surface area contributed by atoms with Gasteiger partial charge in [0.05, 0.1) is 6.10 Å². The van der Waals surface area contributed by atoms with Gasteiger partial charge >= 0.3 is 0 Å². The average molecular weight is 228 g/mol. The summed E-state index contributed by atoms with van der Waals surface area (Å²) in [5, 5.41) is 15.6. The van der Waals surface area contributed by atoms with Crippen molar-refractivity contribution in [3.05, 3.63) is 0 Å². The molecule has 1 unspecified atom stereocenters. The molecule has 4 nitrogen and oxygen atoms in total. The van der Waals surface area contributed by atoms with Crippen LogP contribution in [-0.4, -0.2) is 36.8 Å². The highest BCUT2D eigenvalue weighted by Gasteiger charge is 2.34. The number of piperidine rings is 1. The van der Waals surface area contributed by atoms with E-state index in [2.05, 4.69) is 10.6 Å². The van der Waals surface area contributed by atoms with Gasteiger partial charge in [-0.3, -0.25) is 4.79 Å². The van der Waals surface area contributed by atoms with Crippen molar-refractivity contribution in [3.63, 3.8) is 0 Å². The lowest BCUT2D eigenvalue weighted by Crippen LogP contribution is -2.46. The molecule has 0 aromatic carbocycles. The lowest BCUT2D eigenvalue weighted by molar-refractivity contribution is -0.131. The van der Waals surface area contributed by atoms with Crippen LogP contribution in [-0.2, 0) is 4.79 Å². The maximum Gasteiger partial charge on any atom is 0.226 e. The Labute approximate surface area is 97.8 Å². The smallest absolute Gasteiger partial charge is 0.226 e. The van der Waals surface area contributed by atoms with Crippen molar-refractivity contribution in [1.29, 1.82) is 0 Å². The van der Waals surface area contributed by atoms with Crippen LogP contribution in [0.5, 0.6) is 0 Å². The zero-order valence-corrected chi connectivity index (χ0v) is 10.4. The molecule has 16 heavy (non-hydrogen) atoms. The summed E-state index contributed by atoms with van der Waals surface area (Å²) in [5.74, 6) is 0.136. The molecule has 0 spiro atoms. The molecule has 3 N–H and O–H groups in total. The number of hydrogen-bond donors (Lipinski definition) is 3. The first-order valence-corrected chi connectivity index (χ1v) is 6.25. The predicted octanol–water partition coefficient (Wildman–Crippen LogP) is 0.653. The summed E-state index contributed by atoms with van der Waals surface area (Å²) < 4.78 is 0. The molecule has 1 atom stereocenters. The van der Waals surface area contributed by atoms with Gasteiger partial charge in [-0.2, -0.15) is 0 Å². The van der Waals surface area contributed by atoms with Gasteiger partial charge in [0, 0.05) is 12.0 Å². The maximum atomic E-state index is 12.0. The molecule has 0 saturated carbocycles. The first-order chi connectivity index (χ1) is 7.58. The van der Waals surface area contributed by atoms with E-state index >= 15 is 0 Å². The van der Waals surface area contributed by atoms with Crippen LogP contribution in [0.4, 0.5) is 0 Å². The van der Waals surface area contributed by atoms with Crippen molar-refractivity contribution in [3.8, 4) is 0 Å². The molecule has 1 rings (SSSR count). The fourth-order valence-corrected chi connectivity index (χ4v) is 1.98. The van der Waals surface area contributed by atoms with Gasteiger partial charge in [-0.1, -0.05) is 13.8 Å². The van der Waals surface area contributed by atoms with E-state index in [4.69, 9.17) is 0 Å². The highest BCUT2D eigenvalue weighted by Crippen LogP contribution is 2.27. The highest BCUT2D eigenvalue weighted by molar-refractivity contribution is 5.82. The number of carbonyl (C=O) groups is 1. The summed E-state index contributed by atoms with van der Waals surface area (Å²) in [5.41, 5.74) is -0.220. The van der Waals surface area contributed by atoms with Crippen LogP contribution < -0.4 is 10.6 Å². The second kappa shape index (κ2) is 6.21. The quantitative estimate of drug-likeness (QED) is 0.647. The van der Waals surface area contributed by atoms with Crippen molar-refractivity contribution in [1.82, 2.24) is 10.6 Å². The molecular formula is C12H24N2O2. The second-order valence-corrected chi connectivity index (χ2v) is 4.92. The standard InChI is InChI=1S/C12H24N2O2/c1-3-10(15)4-7-14-11(16)12(2)5-8-13-9-6-12/h10,13,15H,3-9H2,1-2H3,(H,14,16). The molecule has 1 amide bonds. The van der Waals surface area contributed by atoms with Crippen LogP contribution in [0.15, 0.2) is 0 Å². The molecule has 1 aliphatic heterocycles. The molecule has 0 aromatic heterocycles. The number of amides is 1. The molecule has 4 heteroatoms. The number of aliphatic hydroxyl groups excluding tert-OH is 1. The summed E-state index contributed by atoms with van der Waals surface area (Å²) in [4.78, 5) is 12.0. The van der Waals surface area contributed by atoms with E-state index in [9.17, 15) is 9.90 Å². The molecule has 1 aliphatic rings. The van der Waals surface area contributed by atoms with Crippen LogP contribution in [0.25, 0.3) is 0 Å². The second-order valence-electron chi connectivity index (χ2n) is 4.92. The van der Waals surface area contributed by atoms with Crippen LogP contribution in [0.2, 0.25) is 0 Å². The lowest BCUT2D eigenvalue weighted by atomic mass is 9.80. The fraction of sp³-hybridized carbons (Fsp3) is 0.917. The summed E-state index contributed by atoms with van der Waals surface area (Å²) >= 11 is 0.